The number of H-pyrrole nitrogens is 1. The second-order valence-electron chi connectivity index (χ2n) is 12.6. The van der Waals surface area contributed by atoms with E-state index in [1.54, 1.807) is 31.2 Å². The van der Waals surface area contributed by atoms with Crippen molar-refractivity contribution in [1.29, 1.82) is 0 Å². The van der Waals surface area contributed by atoms with Gasteiger partial charge in [-0.3, -0.25) is 9.59 Å². The number of carbonyl (C=O) groups excluding carboxylic acids is 2. The molecule has 2 aliphatic heterocycles. The van der Waals surface area contributed by atoms with E-state index < -0.39 is 33.0 Å². The van der Waals surface area contributed by atoms with Crippen LogP contribution < -0.4 is 15.8 Å². The van der Waals surface area contributed by atoms with Crippen LogP contribution in [0.15, 0.2) is 47.5 Å². The second-order valence-corrected chi connectivity index (χ2v) is 14.5. The Labute approximate surface area is 250 Å². The maximum atomic E-state index is 14.3. The molecule has 2 aromatic carbocycles. The van der Waals surface area contributed by atoms with E-state index in [0.29, 0.717) is 48.2 Å². The average Bonchev–Trinajstić information content (AvgIpc) is 3.29. The monoisotopic (exact) mass is 605 g/mol. The van der Waals surface area contributed by atoms with E-state index >= 15 is 0 Å². The SMILES string of the molecule is Cc1cc(S(=O)(=O)N2CCC(N(C)C)C2)[nH]c1C(=O)NC12C(=O)c3c(N)cccc3C1(O)Oc1cc(C3CC3C)ccc12. The number of anilines is 1. The highest BCUT2D eigenvalue weighted by atomic mass is 32.2. The summed E-state index contributed by atoms with van der Waals surface area (Å²) in [7, 11) is -0.0782. The fourth-order valence-corrected chi connectivity index (χ4v) is 8.58. The van der Waals surface area contributed by atoms with Gasteiger partial charge in [0, 0.05) is 35.9 Å². The zero-order chi connectivity index (χ0) is 30.6. The van der Waals surface area contributed by atoms with Crippen molar-refractivity contribution < 1.29 is 27.9 Å². The molecular formula is C31H35N5O6S. The number of nitrogen functional groups attached to an aromatic ring is 1. The lowest BCUT2D eigenvalue weighted by atomic mass is 9.82. The van der Waals surface area contributed by atoms with Gasteiger partial charge in [-0.25, -0.2) is 8.42 Å². The second kappa shape index (κ2) is 9.15. The lowest BCUT2D eigenvalue weighted by Crippen LogP contribution is -2.60. The number of fused-ring (bicyclic) bond motifs is 5. The smallest absolute Gasteiger partial charge is 0.271 e. The zero-order valence-corrected chi connectivity index (χ0v) is 25.3. The molecule has 5 atom stereocenters. The van der Waals surface area contributed by atoms with E-state index in [-0.39, 0.29) is 33.6 Å². The Morgan fingerprint density at radius 1 is 1.21 bits per heavy atom. The Hall–Kier alpha value is -3.71. The normalized spacial score (nSPS) is 29.3. The molecule has 226 valence electrons. The molecule has 0 radical (unpaired) electrons. The summed E-state index contributed by atoms with van der Waals surface area (Å²) < 4.78 is 34.6. The Bertz CT molecular complexity index is 1820. The van der Waals surface area contributed by atoms with Crippen LogP contribution in [0.2, 0.25) is 0 Å². The van der Waals surface area contributed by atoms with Crippen LogP contribution in [-0.4, -0.2) is 72.6 Å². The molecule has 1 saturated heterocycles. The first-order valence-electron chi connectivity index (χ1n) is 14.5. The molecule has 2 aliphatic carbocycles. The summed E-state index contributed by atoms with van der Waals surface area (Å²) in [5, 5.41) is 14.9. The van der Waals surface area contributed by atoms with Crippen LogP contribution in [0.5, 0.6) is 5.75 Å². The van der Waals surface area contributed by atoms with Gasteiger partial charge >= 0.3 is 0 Å². The Balaban J connectivity index is 1.28. The molecule has 3 heterocycles. The predicted octanol–water partition coefficient (Wildman–Crippen LogP) is 2.41. The van der Waals surface area contributed by atoms with Crippen molar-refractivity contribution in [3.05, 3.63) is 76.0 Å². The minimum Gasteiger partial charge on any atom is -0.454 e. The molecule has 1 aromatic heterocycles. The first-order valence-corrected chi connectivity index (χ1v) is 15.9. The zero-order valence-electron chi connectivity index (χ0n) is 24.5. The molecule has 7 rings (SSSR count). The van der Waals surface area contributed by atoms with Gasteiger partial charge < -0.3 is 30.8 Å². The van der Waals surface area contributed by atoms with E-state index in [0.717, 1.165) is 12.0 Å². The topological polar surface area (TPSA) is 158 Å². The number of amides is 1. The number of rotatable bonds is 6. The Morgan fingerprint density at radius 2 is 1.95 bits per heavy atom. The lowest BCUT2D eigenvalue weighted by molar-refractivity contribution is -0.169. The van der Waals surface area contributed by atoms with Crippen molar-refractivity contribution in [2.24, 2.45) is 5.92 Å². The van der Waals surface area contributed by atoms with Crippen LogP contribution in [0.1, 0.15) is 68.8 Å². The van der Waals surface area contributed by atoms with Crippen LogP contribution in [0.4, 0.5) is 5.69 Å². The minimum absolute atomic E-state index is 0.0349. The number of ketones is 1. The van der Waals surface area contributed by atoms with E-state index in [2.05, 4.69) is 17.2 Å². The summed E-state index contributed by atoms with van der Waals surface area (Å²) in [5.74, 6) is -2.45. The highest BCUT2D eigenvalue weighted by Crippen LogP contribution is 2.60. The highest BCUT2D eigenvalue weighted by molar-refractivity contribution is 7.89. The van der Waals surface area contributed by atoms with Gasteiger partial charge in [0.15, 0.2) is 0 Å². The van der Waals surface area contributed by atoms with Gasteiger partial charge in [0.25, 0.3) is 21.7 Å². The van der Waals surface area contributed by atoms with Gasteiger partial charge in [0.1, 0.15) is 16.5 Å². The fraction of sp³-hybridized carbons (Fsp3) is 0.419. The number of sulfonamides is 1. The van der Waals surface area contributed by atoms with E-state index in [1.807, 2.05) is 31.1 Å². The van der Waals surface area contributed by atoms with Crippen molar-refractivity contribution >= 4 is 27.4 Å². The van der Waals surface area contributed by atoms with Gasteiger partial charge in [0.05, 0.1) is 5.56 Å². The maximum Gasteiger partial charge on any atom is 0.271 e. The van der Waals surface area contributed by atoms with Crippen molar-refractivity contribution in [3.63, 3.8) is 0 Å². The summed E-state index contributed by atoms with van der Waals surface area (Å²) in [6.45, 7) is 4.48. The standard InChI is InChI=1S/C31H35N5O6S/c1-16-12-20(16)18-8-9-21-24(14-18)42-31(39)22-6-5-7-23(32)26(22)28(37)30(21,31)34-29(38)27-17(2)13-25(33-27)43(40,41)36-11-10-19(15-36)35(3)4/h5-9,13-14,16,19-20,33,39H,10-12,15,32H2,1-4H3,(H,34,38). The summed E-state index contributed by atoms with van der Waals surface area (Å²) in [5.41, 5.74) is 6.24. The number of nitrogens with one attached hydrogen (secondary N) is 2. The van der Waals surface area contributed by atoms with Crippen LogP contribution in [0.25, 0.3) is 0 Å². The number of nitrogens with zero attached hydrogens (tertiary/aromatic N) is 2. The van der Waals surface area contributed by atoms with Crippen LogP contribution in [0, 0.1) is 12.8 Å². The Kier molecular flexibility index (Phi) is 5.97. The molecule has 0 bridgehead atoms. The number of nitrogens with two attached hydrogens (primary N) is 1. The fourth-order valence-electron chi connectivity index (χ4n) is 7.03. The van der Waals surface area contributed by atoms with Gasteiger partial charge in [0.2, 0.25) is 11.3 Å². The number of likely N-dealkylation sites (N-methyl/N-ethyl adjacent to an activating group) is 1. The number of aliphatic hydroxyl groups is 1. The predicted molar refractivity (Wildman–Crippen MR) is 158 cm³/mol. The molecule has 5 unspecified atom stereocenters. The molecule has 1 amide bonds. The number of aryl methyl sites for hydroxylation is 1. The molecule has 0 spiro atoms. The number of hydrogen-bond acceptors (Lipinski definition) is 8. The van der Waals surface area contributed by atoms with Crippen LogP contribution in [-0.2, 0) is 21.3 Å². The third-order valence-electron chi connectivity index (χ3n) is 9.74. The van der Waals surface area contributed by atoms with E-state index in [4.69, 9.17) is 10.5 Å². The number of carbonyl (C=O) groups is 2. The molecule has 1 saturated carbocycles. The van der Waals surface area contributed by atoms with Gasteiger partial charge in [-0.1, -0.05) is 31.2 Å². The molecule has 12 heteroatoms. The molecule has 2 fully saturated rings. The quantitative estimate of drug-likeness (QED) is 0.312. The highest BCUT2D eigenvalue weighted by Gasteiger charge is 2.72. The number of aromatic amines is 1. The first kappa shape index (κ1) is 28.1. The largest absolute Gasteiger partial charge is 0.454 e. The molecule has 43 heavy (non-hydrogen) atoms. The third-order valence-corrected chi connectivity index (χ3v) is 11.5. The van der Waals surface area contributed by atoms with Crippen LogP contribution >= 0.6 is 0 Å². The molecule has 11 nitrogen and oxygen atoms in total. The summed E-state index contributed by atoms with van der Waals surface area (Å²) in [6, 6.07) is 11.7. The third kappa shape index (κ3) is 3.79. The van der Waals surface area contributed by atoms with E-state index in [9.17, 15) is 23.1 Å². The van der Waals surface area contributed by atoms with Gasteiger partial charge in [-0.2, -0.15) is 4.31 Å². The number of benzene rings is 2. The number of Topliss-reactive ketones (excluding diaryl/α,β-unsaturated/α-hetero) is 1. The number of ether oxygens (including phenoxy) is 1. The van der Waals surface area contributed by atoms with Gasteiger partial charge in [-0.15, -0.1) is 0 Å². The lowest BCUT2D eigenvalue weighted by Gasteiger charge is -2.34. The molecule has 3 aromatic rings. The van der Waals surface area contributed by atoms with Crippen molar-refractivity contribution in [3.8, 4) is 5.75 Å². The van der Waals surface area contributed by atoms with Crippen molar-refractivity contribution in [1.82, 2.24) is 19.5 Å². The molecule has 4 aliphatic rings. The summed E-state index contributed by atoms with van der Waals surface area (Å²) in [4.78, 5) is 33.1. The van der Waals surface area contributed by atoms with Gasteiger partial charge in [-0.05, 0) is 75.0 Å². The van der Waals surface area contributed by atoms with Crippen molar-refractivity contribution in [2.75, 3.05) is 32.9 Å². The summed E-state index contributed by atoms with van der Waals surface area (Å²) in [6.07, 6.45) is 1.74. The number of hydrogen-bond donors (Lipinski definition) is 4. The summed E-state index contributed by atoms with van der Waals surface area (Å²) >= 11 is 0. The first-order chi connectivity index (χ1) is 20.3. The van der Waals surface area contributed by atoms with E-state index in [1.165, 1.54) is 10.4 Å². The molecular weight excluding hydrogens is 570 g/mol. The minimum atomic E-state index is -3.91. The Morgan fingerprint density at radius 3 is 2.63 bits per heavy atom. The number of aromatic nitrogens is 1. The maximum absolute atomic E-state index is 14.3. The molecule has 5 N–H and O–H groups in total. The van der Waals surface area contributed by atoms with Crippen molar-refractivity contribution in [2.45, 2.75) is 55.0 Å². The average molecular weight is 606 g/mol. The van der Waals surface area contributed by atoms with Crippen LogP contribution in [0.3, 0.4) is 0 Å².